The number of carbonyl (C=O) groups excluding carboxylic acids is 1. The Balaban J connectivity index is 2.33. The molecule has 1 aliphatic rings. The fourth-order valence-corrected chi connectivity index (χ4v) is 2.38. The van der Waals surface area contributed by atoms with Crippen molar-refractivity contribution in [2.24, 2.45) is 0 Å². The van der Waals surface area contributed by atoms with Gasteiger partial charge in [0.25, 0.3) is 5.91 Å². The molecule has 1 saturated heterocycles. The molecule has 0 aromatic heterocycles. The van der Waals surface area contributed by atoms with E-state index in [-0.39, 0.29) is 22.0 Å². The number of hydrogen-bond donors (Lipinski definition) is 1. The monoisotopic (exact) mass is 270 g/mol. The molecule has 1 aliphatic heterocycles. The van der Waals surface area contributed by atoms with Crippen LogP contribution in [0.5, 0.6) is 0 Å². The first-order chi connectivity index (χ1) is 8.43. The van der Waals surface area contributed by atoms with Gasteiger partial charge in [-0.15, -0.1) is 0 Å². The summed E-state index contributed by atoms with van der Waals surface area (Å²) in [5.41, 5.74) is -0.0722. The van der Waals surface area contributed by atoms with Crippen molar-refractivity contribution >= 4 is 17.5 Å². The molecule has 0 saturated carbocycles. The van der Waals surface area contributed by atoms with Crippen molar-refractivity contribution in [2.75, 3.05) is 19.6 Å². The van der Waals surface area contributed by atoms with Crippen molar-refractivity contribution < 1.29 is 9.18 Å². The number of carbonyl (C=O) groups is 1. The predicted octanol–water partition coefficient (Wildman–Crippen LogP) is 2.30. The molecule has 3 nitrogen and oxygen atoms in total. The second-order valence-corrected chi connectivity index (χ2v) is 5.43. The molecule has 0 unspecified atom stereocenters. The van der Waals surface area contributed by atoms with E-state index in [1.165, 1.54) is 12.1 Å². The van der Waals surface area contributed by atoms with Crippen LogP contribution in [0.15, 0.2) is 18.2 Å². The van der Waals surface area contributed by atoms with Crippen LogP contribution in [0.25, 0.3) is 0 Å². The number of amides is 1. The minimum atomic E-state index is -0.560. The van der Waals surface area contributed by atoms with Gasteiger partial charge in [0.2, 0.25) is 0 Å². The second-order valence-electron chi connectivity index (χ2n) is 5.05. The Morgan fingerprint density at radius 1 is 1.50 bits per heavy atom. The highest BCUT2D eigenvalue weighted by atomic mass is 35.5. The molecule has 1 aromatic rings. The van der Waals surface area contributed by atoms with E-state index < -0.39 is 5.82 Å². The number of nitrogens with one attached hydrogen (secondary N) is 1. The quantitative estimate of drug-likeness (QED) is 0.849. The first kappa shape index (κ1) is 13.3. The van der Waals surface area contributed by atoms with E-state index in [4.69, 9.17) is 11.6 Å². The van der Waals surface area contributed by atoms with Crippen LogP contribution in [-0.4, -0.2) is 36.0 Å². The lowest BCUT2D eigenvalue weighted by atomic mass is 9.98. The van der Waals surface area contributed by atoms with Crippen molar-refractivity contribution in [3.8, 4) is 0 Å². The Morgan fingerprint density at radius 3 is 2.89 bits per heavy atom. The first-order valence-corrected chi connectivity index (χ1v) is 6.28. The fourth-order valence-electron chi connectivity index (χ4n) is 2.17. The summed E-state index contributed by atoms with van der Waals surface area (Å²) in [6.07, 6.45) is 0. The summed E-state index contributed by atoms with van der Waals surface area (Å²) in [5.74, 6) is -0.776. The molecule has 0 radical (unpaired) electrons. The van der Waals surface area contributed by atoms with Gasteiger partial charge in [-0.2, -0.15) is 0 Å². The Bertz CT molecular complexity index is 476. The third kappa shape index (κ3) is 2.35. The predicted molar refractivity (Wildman–Crippen MR) is 69.4 cm³/mol. The van der Waals surface area contributed by atoms with Gasteiger partial charge in [0.15, 0.2) is 0 Å². The lowest BCUT2D eigenvalue weighted by Crippen LogP contribution is -2.59. The molecular weight excluding hydrogens is 255 g/mol. The summed E-state index contributed by atoms with van der Waals surface area (Å²) in [7, 11) is 0. The molecule has 1 fully saturated rings. The maximum atomic E-state index is 13.4. The van der Waals surface area contributed by atoms with Crippen LogP contribution in [0.2, 0.25) is 5.02 Å². The summed E-state index contributed by atoms with van der Waals surface area (Å²) >= 11 is 5.86. The van der Waals surface area contributed by atoms with E-state index in [0.717, 1.165) is 6.54 Å². The maximum Gasteiger partial charge on any atom is 0.256 e. The minimum Gasteiger partial charge on any atom is -0.331 e. The van der Waals surface area contributed by atoms with Crippen molar-refractivity contribution in [1.29, 1.82) is 0 Å². The highest BCUT2D eigenvalue weighted by molar-refractivity contribution is 6.34. The van der Waals surface area contributed by atoms with E-state index in [1.54, 1.807) is 11.0 Å². The standard InChI is InChI=1S/C13H16ClFN2O/c1-13(2)8-16-6-7-17(13)12(18)9-4-3-5-10(15)11(9)14/h3-5,16H,6-8H2,1-2H3. The number of nitrogens with zero attached hydrogens (tertiary/aromatic N) is 1. The van der Waals surface area contributed by atoms with Crippen molar-refractivity contribution in [3.05, 3.63) is 34.6 Å². The van der Waals surface area contributed by atoms with Crippen LogP contribution in [0.1, 0.15) is 24.2 Å². The second kappa shape index (κ2) is 4.86. The van der Waals surface area contributed by atoms with Crippen LogP contribution in [0.4, 0.5) is 4.39 Å². The Labute approximate surface area is 111 Å². The van der Waals surface area contributed by atoms with E-state index in [2.05, 4.69) is 5.32 Å². The number of hydrogen-bond acceptors (Lipinski definition) is 2. The zero-order chi connectivity index (χ0) is 13.3. The smallest absolute Gasteiger partial charge is 0.256 e. The highest BCUT2D eigenvalue weighted by Crippen LogP contribution is 2.25. The summed E-state index contributed by atoms with van der Waals surface area (Å²) in [6, 6.07) is 4.32. The molecule has 1 N–H and O–H groups in total. The average Bonchev–Trinajstić information content (AvgIpc) is 2.31. The maximum absolute atomic E-state index is 13.4. The number of piperazine rings is 1. The summed E-state index contributed by atoms with van der Waals surface area (Å²) in [5, 5.41) is 3.14. The van der Waals surface area contributed by atoms with E-state index in [0.29, 0.717) is 13.1 Å². The molecule has 2 rings (SSSR count). The normalized spacial score (nSPS) is 18.8. The lowest BCUT2D eigenvalue weighted by Gasteiger charge is -2.43. The van der Waals surface area contributed by atoms with Crippen LogP contribution < -0.4 is 5.32 Å². The van der Waals surface area contributed by atoms with E-state index in [9.17, 15) is 9.18 Å². The molecule has 0 bridgehead atoms. The molecular formula is C13H16ClFN2O. The highest BCUT2D eigenvalue weighted by Gasteiger charge is 2.34. The van der Waals surface area contributed by atoms with Gasteiger partial charge in [0.05, 0.1) is 16.1 Å². The van der Waals surface area contributed by atoms with Crippen LogP contribution in [0, 0.1) is 5.82 Å². The number of rotatable bonds is 1. The Hall–Kier alpha value is -1.13. The molecule has 1 heterocycles. The molecule has 0 atom stereocenters. The zero-order valence-electron chi connectivity index (χ0n) is 10.5. The molecule has 5 heteroatoms. The first-order valence-electron chi connectivity index (χ1n) is 5.90. The summed E-state index contributed by atoms with van der Waals surface area (Å²) < 4.78 is 13.4. The topological polar surface area (TPSA) is 32.3 Å². The van der Waals surface area contributed by atoms with Gasteiger partial charge in [-0.25, -0.2) is 4.39 Å². The summed E-state index contributed by atoms with van der Waals surface area (Å²) in [4.78, 5) is 14.2. The largest absolute Gasteiger partial charge is 0.331 e. The van der Waals surface area contributed by atoms with Crippen LogP contribution in [-0.2, 0) is 0 Å². The minimum absolute atomic E-state index is 0.100. The van der Waals surface area contributed by atoms with Crippen molar-refractivity contribution in [1.82, 2.24) is 10.2 Å². The zero-order valence-corrected chi connectivity index (χ0v) is 11.2. The van der Waals surface area contributed by atoms with Crippen LogP contribution >= 0.6 is 11.6 Å². The van der Waals surface area contributed by atoms with Crippen molar-refractivity contribution in [2.45, 2.75) is 19.4 Å². The Kier molecular flexibility index (Phi) is 3.59. The SMILES string of the molecule is CC1(C)CNCCN1C(=O)c1cccc(F)c1Cl. The molecule has 1 amide bonds. The van der Waals surface area contributed by atoms with E-state index in [1.807, 2.05) is 13.8 Å². The number of halogens is 2. The molecule has 18 heavy (non-hydrogen) atoms. The summed E-state index contributed by atoms with van der Waals surface area (Å²) in [6.45, 7) is 6.00. The average molecular weight is 271 g/mol. The Morgan fingerprint density at radius 2 is 2.22 bits per heavy atom. The van der Waals surface area contributed by atoms with Gasteiger partial charge in [0, 0.05) is 19.6 Å². The van der Waals surface area contributed by atoms with Crippen molar-refractivity contribution in [3.63, 3.8) is 0 Å². The van der Waals surface area contributed by atoms with Gasteiger partial charge in [0.1, 0.15) is 5.82 Å². The molecule has 0 aliphatic carbocycles. The van der Waals surface area contributed by atoms with E-state index >= 15 is 0 Å². The fraction of sp³-hybridized carbons (Fsp3) is 0.462. The third-order valence-electron chi connectivity index (χ3n) is 3.23. The molecule has 1 aromatic carbocycles. The van der Waals surface area contributed by atoms with Gasteiger partial charge < -0.3 is 10.2 Å². The van der Waals surface area contributed by atoms with Gasteiger partial charge >= 0.3 is 0 Å². The van der Waals surface area contributed by atoms with Gasteiger partial charge in [-0.1, -0.05) is 17.7 Å². The van der Waals surface area contributed by atoms with Crippen LogP contribution in [0.3, 0.4) is 0 Å². The molecule has 0 spiro atoms. The third-order valence-corrected chi connectivity index (χ3v) is 3.61. The van der Waals surface area contributed by atoms with Gasteiger partial charge in [-0.3, -0.25) is 4.79 Å². The van der Waals surface area contributed by atoms with Gasteiger partial charge in [-0.05, 0) is 26.0 Å². The molecule has 98 valence electrons. The lowest BCUT2D eigenvalue weighted by molar-refractivity contribution is 0.0477. The number of benzene rings is 1.